The molecule has 0 heterocycles. The van der Waals surface area contributed by atoms with Crippen LogP contribution in [0.25, 0.3) is 0 Å². The highest BCUT2D eigenvalue weighted by Gasteiger charge is 2.24. The highest BCUT2D eigenvalue weighted by Crippen LogP contribution is 2.27. The van der Waals surface area contributed by atoms with Crippen LogP contribution in [0.1, 0.15) is 44.6 Å². The zero-order valence-corrected chi connectivity index (χ0v) is 13.2. The van der Waals surface area contributed by atoms with Crippen LogP contribution in [-0.2, 0) is 0 Å². The van der Waals surface area contributed by atoms with Gasteiger partial charge in [0.05, 0.1) is 18.2 Å². The van der Waals surface area contributed by atoms with Gasteiger partial charge in [-0.1, -0.05) is 25.8 Å². The molecule has 0 aliphatic heterocycles. The second kappa shape index (κ2) is 8.05. The summed E-state index contributed by atoms with van der Waals surface area (Å²) in [6.45, 7) is 4.16. The van der Waals surface area contributed by atoms with Crippen molar-refractivity contribution in [3.8, 4) is 11.8 Å². The first kappa shape index (κ1) is 15.9. The maximum atomic E-state index is 8.86. The van der Waals surface area contributed by atoms with Gasteiger partial charge >= 0.3 is 0 Å². The number of hydrogen-bond acceptors (Lipinski definition) is 3. The molecule has 0 saturated heterocycles. The van der Waals surface area contributed by atoms with E-state index in [1.807, 2.05) is 12.1 Å². The van der Waals surface area contributed by atoms with Gasteiger partial charge in [-0.15, -0.1) is 0 Å². The Kier molecular flexibility index (Phi) is 6.07. The van der Waals surface area contributed by atoms with Crippen molar-refractivity contribution in [3.63, 3.8) is 0 Å². The molecule has 1 aliphatic carbocycles. The monoisotopic (exact) mass is 286 g/mol. The maximum Gasteiger partial charge on any atom is 0.120 e. The molecule has 21 heavy (non-hydrogen) atoms. The van der Waals surface area contributed by atoms with E-state index in [1.165, 1.54) is 25.7 Å². The van der Waals surface area contributed by atoms with Gasteiger partial charge in [0.25, 0.3) is 0 Å². The number of rotatable bonds is 6. The van der Waals surface area contributed by atoms with E-state index in [9.17, 15) is 0 Å². The molecule has 1 aliphatic rings. The van der Waals surface area contributed by atoms with Gasteiger partial charge in [-0.3, -0.25) is 0 Å². The van der Waals surface area contributed by atoms with Crippen LogP contribution >= 0.6 is 0 Å². The third-order valence-electron chi connectivity index (χ3n) is 4.52. The number of nitrogens with zero attached hydrogens (tertiary/aromatic N) is 2. The second-order valence-electron chi connectivity index (χ2n) is 6.15. The van der Waals surface area contributed by atoms with Gasteiger partial charge in [-0.25, -0.2) is 0 Å². The Labute approximate surface area is 128 Å². The summed E-state index contributed by atoms with van der Waals surface area (Å²) in [5, 5.41) is 8.86. The molecule has 1 aromatic carbocycles. The van der Waals surface area contributed by atoms with Gasteiger partial charge in [-0.05, 0) is 50.4 Å². The number of hydrogen-bond donors (Lipinski definition) is 0. The molecule has 114 valence electrons. The van der Waals surface area contributed by atoms with Gasteiger partial charge in [0.15, 0.2) is 0 Å². The zero-order chi connectivity index (χ0) is 15.1. The fourth-order valence-corrected chi connectivity index (χ4v) is 3.28. The van der Waals surface area contributed by atoms with Gasteiger partial charge in [0, 0.05) is 12.6 Å². The number of nitriles is 1. The van der Waals surface area contributed by atoms with Crippen LogP contribution in [0.4, 0.5) is 0 Å². The van der Waals surface area contributed by atoms with Crippen LogP contribution in [0.15, 0.2) is 24.3 Å². The summed E-state index contributed by atoms with van der Waals surface area (Å²) in [6, 6.07) is 10.2. The standard InChI is InChI=1S/C18H26N2O/c1-15-7-3-4-10-18(15)20(2)11-6-12-21-17-9-5-8-16(13-17)14-19/h5,8-9,13,15,18H,3-4,6-7,10-12H2,1-2H3. The SMILES string of the molecule is CC1CCCCC1N(C)CCCOc1cccc(C#N)c1. The Balaban J connectivity index is 1.70. The average Bonchev–Trinajstić information content (AvgIpc) is 2.52. The molecule has 0 N–H and O–H groups in total. The molecule has 0 amide bonds. The summed E-state index contributed by atoms with van der Waals surface area (Å²) < 4.78 is 5.74. The topological polar surface area (TPSA) is 36.3 Å². The summed E-state index contributed by atoms with van der Waals surface area (Å²) in [6.07, 6.45) is 6.49. The largest absolute Gasteiger partial charge is 0.494 e. The van der Waals surface area contributed by atoms with Crippen molar-refractivity contribution in [1.29, 1.82) is 5.26 Å². The predicted molar refractivity (Wildman–Crippen MR) is 85.3 cm³/mol. The predicted octanol–water partition coefficient (Wildman–Crippen LogP) is 3.84. The molecule has 2 rings (SSSR count). The molecule has 3 nitrogen and oxygen atoms in total. The fourth-order valence-electron chi connectivity index (χ4n) is 3.28. The summed E-state index contributed by atoms with van der Waals surface area (Å²) in [5.41, 5.74) is 0.653. The summed E-state index contributed by atoms with van der Waals surface area (Å²) in [5.74, 6) is 1.61. The Morgan fingerprint density at radius 3 is 2.90 bits per heavy atom. The minimum Gasteiger partial charge on any atom is -0.494 e. The van der Waals surface area contributed by atoms with Crippen LogP contribution in [-0.4, -0.2) is 31.1 Å². The second-order valence-corrected chi connectivity index (χ2v) is 6.15. The average molecular weight is 286 g/mol. The molecule has 2 atom stereocenters. The molecule has 0 bridgehead atoms. The fraction of sp³-hybridized carbons (Fsp3) is 0.611. The first-order chi connectivity index (χ1) is 10.2. The summed E-state index contributed by atoms with van der Waals surface area (Å²) >= 11 is 0. The third kappa shape index (κ3) is 4.75. The van der Waals surface area contributed by atoms with Crippen molar-refractivity contribution in [3.05, 3.63) is 29.8 Å². The zero-order valence-electron chi connectivity index (χ0n) is 13.2. The minimum atomic E-state index is 0.653. The normalized spacial score (nSPS) is 22.0. The molecule has 1 saturated carbocycles. The van der Waals surface area contributed by atoms with Gasteiger partial charge in [-0.2, -0.15) is 5.26 Å². The smallest absolute Gasteiger partial charge is 0.120 e. The van der Waals surface area contributed by atoms with E-state index >= 15 is 0 Å². The Morgan fingerprint density at radius 2 is 2.14 bits per heavy atom. The Hall–Kier alpha value is -1.53. The van der Waals surface area contributed by atoms with Crippen molar-refractivity contribution in [2.24, 2.45) is 5.92 Å². The van der Waals surface area contributed by atoms with E-state index in [4.69, 9.17) is 10.00 Å². The van der Waals surface area contributed by atoms with Crippen molar-refractivity contribution in [2.75, 3.05) is 20.2 Å². The van der Waals surface area contributed by atoms with Crippen molar-refractivity contribution in [2.45, 2.75) is 45.1 Å². The molecule has 0 spiro atoms. The number of benzene rings is 1. The first-order valence-corrected chi connectivity index (χ1v) is 8.04. The quantitative estimate of drug-likeness (QED) is 0.746. The molecular formula is C18H26N2O. The first-order valence-electron chi connectivity index (χ1n) is 8.04. The highest BCUT2D eigenvalue weighted by atomic mass is 16.5. The number of ether oxygens (including phenoxy) is 1. The molecule has 1 fully saturated rings. The lowest BCUT2D eigenvalue weighted by atomic mass is 9.85. The van der Waals surface area contributed by atoms with Crippen LogP contribution in [0.3, 0.4) is 0 Å². The van der Waals surface area contributed by atoms with E-state index in [0.29, 0.717) is 12.2 Å². The molecule has 3 heteroatoms. The molecule has 2 unspecified atom stereocenters. The highest BCUT2D eigenvalue weighted by molar-refractivity contribution is 5.36. The Bertz CT molecular complexity index is 480. The van der Waals surface area contributed by atoms with Crippen LogP contribution < -0.4 is 4.74 Å². The lowest BCUT2D eigenvalue weighted by Crippen LogP contribution is -2.39. The lowest BCUT2D eigenvalue weighted by molar-refractivity contribution is 0.131. The molecule has 1 aromatic rings. The summed E-state index contributed by atoms with van der Waals surface area (Å²) in [4.78, 5) is 2.50. The molecule has 0 radical (unpaired) electrons. The van der Waals surface area contributed by atoms with Crippen LogP contribution in [0.5, 0.6) is 5.75 Å². The van der Waals surface area contributed by atoms with Crippen LogP contribution in [0.2, 0.25) is 0 Å². The van der Waals surface area contributed by atoms with Crippen molar-refractivity contribution in [1.82, 2.24) is 4.90 Å². The maximum absolute atomic E-state index is 8.86. The van der Waals surface area contributed by atoms with E-state index in [2.05, 4.69) is 24.9 Å². The van der Waals surface area contributed by atoms with E-state index in [1.54, 1.807) is 12.1 Å². The van der Waals surface area contributed by atoms with Gasteiger partial charge < -0.3 is 9.64 Å². The molecule has 0 aromatic heterocycles. The minimum absolute atomic E-state index is 0.653. The van der Waals surface area contributed by atoms with E-state index in [-0.39, 0.29) is 0 Å². The van der Waals surface area contributed by atoms with E-state index in [0.717, 1.165) is 30.7 Å². The van der Waals surface area contributed by atoms with Crippen molar-refractivity contribution < 1.29 is 4.74 Å². The summed E-state index contributed by atoms with van der Waals surface area (Å²) in [7, 11) is 2.24. The van der Waals surface area contributed by atoms with Gasteiger partial charge in [0.1, 0.15) is 5.75 Å². The lowest BCUT2D eigenvalue weighted by Gasteiger charge is -2.36. The third-order valence-corrected chi connectivity index (χ3v) is 4.52. The van der Waals surface area contributed by atoms with Gasteiger partial charge in [0.2, 0.25) is 0 Å². The van der Waals surface area contributed by atoms with Crippen LogP contribution in [0, 0.1) is 17.2 Å². The Morgan fingerprint density at radius 1 is 1.33 bits per heavy atom. The van der Waals surface area contributed by atoms with E-state index < -0.39 is 0 Å². The molecular weight excluding hydrogens is 260 g/mol. The van der Waals surface area contributed by atoms with Crippen molar-refractivity contribution >= 4 is 0 Å².